The number of aliphatic hydroxyl groups excluding tert-OH is 1. The summed E-state index contributed by atoms with van der Waals surface area (Å²) in [5, 5.41) is 12.7. The fourth-order valence-corrected chi connectivity index (χ4v) is 4.92. The monoisotopic (exact) mass is 572 g/mol. The van der Waals surface area contributed by atoms with Gasteiger partial charge in [-0.25, -0.2) is 32.3 Å². The van der Waals surface area contributed by atoms with E-state index in [0.29, 0.717) is 17.8 Å². The summed E-state index contributed by atoms with van der Waals surface area (Å²) in [7, 11) is 0. The van der Waals surface area contributed by atoms with Crippen molar-refractivity contribution >= 4 is 23.1 Å². The number of rotatable bonds is 10. The number of hydrogen-bond acceptors (Lipinski definition) is 8. The highest BCUT2D eigenvalue weighted by atomic mass is 32.1. The second kappa shape index (κ2) is 11.7. The molecule has 3 rings (SSSR count). The van der Waals surface area contributed by atoms with Crippen LogP contribution in [0.1, 0.15) is 73.7 Å². The summed E-state index contributed by atoms with van der Waals surface area (Å²) in [6.45, 7) is 3.33. The number of alkyl halides is 7. The molecule has 1 aliphatic heterocycles. The molecule has 1 saturated heterocycles. The van der Waals surface area contributed by atoms with Crippen LogP contribution in [0.25, 0.3) is 10.4 Å². The van der Waals surface area contributed by atoms with Crippen LogP contribution in [0.5, 0.6) is 0 Å². The van der Waals surface area contributed by atoms with Gasteiger partial charge in [-0.15, -0.1) is 11.3 Å². The average Bonchev–Trinajstić information content (AvgIpc) is 3.38. The summed E-state index contributed by atoms with van der Waals surface area (Å²) >= 11 is 0.589. The Kier molecular flexibility index (Phi) is 9.24. The fourth-order valence-electron chi connectivity index (χ4n) is 3.90. The van der Waals surface area contributed by atoms with E-state index in [1.807, 2.05) is 12.2 Å². The molecule has 0 saturated carbocycles. The topological polar surface area (TPSA) is 87.6 Å². The number of pyridine rings is 1. The molecule has 2 N–H and O–H groups in total. The number of carbonyl (C=O) groups excluding carboxylic acids is 1. The zero-order valence-electron chi connectivity index (χ0n) is 20.7. The zero-order chi connectivity index (χ0) is 28.4. The highest BCUT2D eigenvalue weighted by Gasteiger charge is 2.46. The summed E-state index contributed by atoms with van der Waals surface area (Å²) in [5.41, 5.74) is -1.40. The SMILES string of the molecule is CCCCOC(=O)c1nc(C(O)N2CC(F)(F)C[C@@H]2C)c(-c2cnc(N[C@@H](C)C(F)(F)F)cc2C(F)F)s1. The number of ether oxygens (including phenoxy) is 1. The molecule has 3 atom stereocenters. The molecule has 38 heavy (non-hydrogen) atoms. The second-order valence-electron chi connectivity index (χ2n) is 9.04. The number of nitrogens with one attached hydrogen (secondary N) is 1. The Hall–Kier alpha value is -2.52. The molecule has 7 nitrogen and oxygen atoms in total. The third-order valence-electron chi connectivity index (χ3n) is 5.96. The Morgan fingerprint density at radius 3 is 2.61 bits per heavy atom. The van der Waals surface area contributed by atoms with Crippen LogP contribution in [0.3, 0.4) is 0 Å². The lowest BCUT2D eigenvalue weighted by Crippen LogP contribution is -2.33. The van der Waals surface area contributed by atoms with Gasteiger partial charge in [-0.2, -0.15) is 13.2 Å². The van der Waals surface area contributed by atoms with Crippen LogP contribution >= 0.6 is 11.3 Å². The third kappa shape index (κ3) is 6.91. The van der Waals surface area contributed by atoms with Crippen molar-refractivity contribution in [1.82, 2.24) is 14.9 Å². The van der Waals surface area contributed by atoms with E-state index in [-0.39, 0.29) is 27.7 Å². The van der Waals surface area contributed by atoms with E-state index >= 15 is 0 Å². The van der Waals surface area contributed by atoms with Gasteiger partial charge < -0.3 is 15.2 Å². The number of hydrogen-bond donors (Lipinski definition) is 2. The number of halogens is 7. The molecular formula is C23H27F7N4O3S. The number of thiazole rings is 1. The van der Waals surface area contributed by atoms with Crippen LogP contribution in [0.15, 0.2) is 12.3 Å². The summed E-state index contributed by atoms with van der Waals surface area (Å²) in [4.78, 5) is 21.3. The normalized spacial score (nSPS) is 19.5. The van der Waals surface area contributed by atoms with Crippen molar-refractivity contribution in [3.8, 4) is 10.4 Å². The lowest BCUT2D eigenvalue weighted by atomic mass is 10.1. The zero-order valence-corrected chi connectivity index (χ0v) is 21.5. The smallest absolute Gasteiger partial charge is 0.408 e. The average molecular weight is 573 g/mol. The van der Waals surface area contributed by atoms with Crippen LogP contribution in [-0.4, -0.2) is 63.3 Å². The van der Waals surface area contributed by atoms with Crippen molar-refractivity contribution in [2.45, 2.75) is 76.9 Å². The van der Waals surface area contributed by atoms with Crippen LogP contribution in [0.4, 0.5) is 36.6 Å². The first-order valence-electron chi connectivity index (χ1n) is 11.8. The molecule has 15 heteroatoms. The van der Waals surface area contributed by atoms with Crippen molar-refractivity contribution in [2.24, 2.45) is 0 Å². The van der Waals surface area contributed by atoms with Crippen LogP contribution in [0, 0.1) is 0 Å². The minimum Gasteiger partial charge on any atom is -0.460 e. The molecule has 0 bridgehead atoms. The Labute approximate surface area is 218 Å². The lowest BCUT2D eigenvalue weighted by Gasteiger charge is -2.26. The van der Waals surface area contributed by atoms with Crippen molar-refractivity contribution in [2.75, 3.05) is 18.5 Å². The predicted octanol–water partition coefficient (Wildman–Crippen LogP) is 6.18. The van der Waals surface area contributed by atoms with Crippen molar-refractivity contribution in [3.05, 3.63) is 28.5 Å². The first kappa shape index (κ1) is 30.0. The van der Waals surface area contributed by atoms with Crippen LogP contribution < -0.4 is 5.32 Å². The Morgan fingerprint density at radius 2 is 2.05 bits per heavy atom. The summed E-state index contributed by atoms with van der Waals surface area (Å²) < 4.78 is 100. The number of aliphatic hydroxyl groups is 1. The molecule has 0 amide bonds. The molecular weight excluding hydrogens is 545 g/mol. The van der Waals surface area contributed by atoms with E-state index < -0.39 is 67.2 Å². The number of anilines is 1. The number of unbranched alkanes of at least 4 members (excludes halogenated alkanes) is 1. The van der Waals surface area contributed by atoms with Crippen LogP contribution in [0.2, 0.25) is 0 Å². The maximum atomic E-state index is 14.1. The predicted molar refractivity (Wildman–Crippen MR) is 125 cm³/mol. The van der Waals surface area contributed by atoms with Crippen molar-refractivity contribution < 1.29 is 45.4 Å². The fraction of sp³-hybridized carbons (Fsp3) is 0.609. The highest BCUT2D eigenvalue weighted by molar-refractivity contribution is 7.17. The summed E-state index contributed by atoms with van der Waals surface area (Å²) in [5.74, 6) is -4.49. The van der Waals surface area contributed by atoms with Crippen molar-refractivity contribution in [3.63, 3.8) is 0 Å². The molecule has 1 unspecified atom stereocenters. The van der Waals surface area contributed by atoms with Gasteiger partial charge in [0.15, 0.2) is 6.23 Å². The molecule has 0 spiro atoms. The molecule has 2 aromatic rings. The molecule has 0 aliphatic carbocycles. The molecule has 0 aromatic carbocycles. The second-order valence-corrected chi connectivity index (χ2v) is 10.0. The summed E-state index contributed by atoms with van der Waals surface area (Å²) in [6.07, 6.45) is -8.08. The van der Waals surface area contributed by atoms with Crippen molar-refractivity contribution in [1.29, 1.82) is 0 Å². The number of esters is 1. The van der Waals surface area contributed by atoms with Crippen LogP contribution in [-0.2, 0) is 4.74 Å². The van der Waals surface area contributed by atoms with E-state index in [4.69, 9.17) is 4.74 Å². The first-order valence-corrected chi connectivity index (χ1v) is 12.6. The van der Waals surface area contributed by atoms with E-state index in [9.17, 15) is 40.6 Å². The summed E-state index contributed by atoms with van der Waals surface area (Å²) in [6, 6.07) is -2.17. The standard InChI is InChI=1S/C23H27F7N4O3S/c1-4-5-6-37-21(36)19-33-16(20(35)34-10-22(26,27)8-11(34)2)17(38-19)14-9-31-15(7-13(14)18(24)25)32-12(3)23(28,29)30/h7,9,11-12,18,20,35H,4-6,8,10H2,1-3H3,(H,31,32)/t11-,12-,20?/m0/s1. The van der Waals surface area contributed by atoms with E-state index in [2.05, 4.69) is 9.97 Å². The maximum Gasteiger partial charge on any atom is 0.408 e. The van der Waals surface area contributed by atoms with Gasteiger partial charge in [-0.1, -0.05) is 13.3 Å². The maximum absolute atomic E-state index is 14.1. The molecule has 0 radical (unpaired) electrons. The van der Waals surface area contributed by atoms with E-state index in [1.54, 1.807) is 0 Å². The number of carbonyl (C=O) groups is 1. The van der Waals surface area contributed by atoms with Gasteiger partial charge in [-0.05, 0) is 26.3 Å². The largest absolute Gasteiger partial charge is 0.460 e. The lowest BCUT2D eigenvalue weighted by molar-refractivity contribution is -0.138. The Balaban J connectivity index is 2.07. The van der Waals surface area contributed by atoms with E-state index in [1.165, 1.54) is 6.92 Å². The van der Waals surface area contributed by atoms with Gasteiger partial charge in [-0.3, -0.25) is 4.90 Å². The van der Waals surface area contributed by atoms with Gasteiger partial charge in [0, 0.05) is 29.8 Å². The molecule has 212 valence electrons. The van der Waals surface area contributed by atoms with Gasteiger partial charge in [0.25, 0.3) is 12.3 Å². The number of nitrogens with zero attached hydrogens (tertiary/aromatic N) is 3. The highest BCUT2D eigenvalue weighted by Crippen LogP contribution is 2.43. The minimum atomic E-state index is -4.66. The van der Waals surface area contributed by atoms with Gasteiger partial charge in [0.1, 0.15) is 17.6 Å². The quantitative estimate of drug-likeness (QED) is 0.200. The first-order chi connectivity index (χ1) is 17.6. The molecule has 1 aliphatic rings. The Bertz CT molecular complexity index is 1130. The molecule has 1 fully saturated rings. The molecule has 2 aromatic heterocycles. The third-order valence-corrected chi connectivity index (χ3v) is 7.05. The minimum absolute atomic E-state index is 0.0547. The van der Waals surface area contributed by atoms with Gasteiger partial charge >= 0.3 is 12.1 Å². The number of aromatic nitrogens is 2. The molecule has 3 heterocycles. The van der Waals surface area contributed by atoms with Gasteiger partial charge in [0.05, 0.1) is 18.0 Å². The Morgan fingerprint density at radius 1 is 1.37 bits per heavy atom. The van der Waals surface area contributed by atoms with E-state index in [0.717, 1.165) is 30.5 Å². The number of likely N-dealkylation sites (tertiary alicyclic amines) is 1. The van der Waals surface area contributed by atoms with Gasteiger partial charge in [0.2, 0.25) is 5.01 Å².